The molecule has 3 aliphatic rings. The molecule has 0 aliphatic carbocycles. The summed E-state index contributed by atoms with van der Waals surface area (Å²) in [4.78, 5) is 34.4. The van der Waals surface area contributed by atoms with Crippen molar-refractivity contribution in [2.24, 2.45) is 7.05 Å². The number of sulfonamides is 1. The maximum absolute atomic E-state index is 14.5. The molecular formula is C38H43F6N9O5S. The van der Waals surface area contributed by atoms with Gasteiger partial charge in [-0.1, -0.05) is 12.1 Å². The number of piperidine rings is 2. The van der Waals surface area contributed by atoms with Crippen LogP contribution in [0.5, 0.6) is 0 Å². The molecule has 14 nitrogen and oxygen atoms in total. The van der Waals surface area contributed by atoms with Crippen LogP contribution in [0.25, 0.3) is 10.9 Å². The number of likely N-dealkylation sites (tertiary alicyclic amines) is 1. The number of β-amino-alcohol motifs (C(OH)–C–C–N with tert-alkyl or cyclic N) is 1. The zero-order chi connectivity index (χ0) is 42.5. The van der Waals surface area contributed by atoms with Gasteiger partial charge in [-0.3, -0.25) is 19.7 Å². The van der Waals surface area contributed by atoms with Gasteiger partial charge in [0.15, 0.2) is 5.82 Å². The van der Waals surface area contributed by atoms with E-state index in [0.29, 0.717) is 37.4 Å². The van der Waals surface area contributed by atoms with Crippen molar-refractivity contribution in [3.63, 3.8) is 0 Å². The predicted octanol–water partition coefficient (Wildman–Crippen LogP) is 5.29. The SMILES string of the molecule is Cn1nc(N2CCC(=O)NC2=O)c2ccc(C3CCN(CC(C)(O)Cc4ccc(S(=O)(=O)N5CCC(Nc6ncc(C(F)(F)F)cn6)CC5)cc4C(F)(F)F)CC3)cc21. The summed E-state index contributed by atoms with van der Waals surface area (Å²) in [6, 6.07) is 7.85. The Balaban J connectivity index is 0.958. The number of nitrogens with zero attached hydrogens (tertiary/aromatic N) is 7. The van der Waals surface area contributed by atoms with Crippen LogP contribution in [0.1, 0.15) is 67.2 Å². The van der Waals surface area contributed by atoms with E-state index in [4.69, 9.17) is 0 Å². The molecule has 1 unspecified atom stereocenters. The molecule has 1 atom stereocenters. The maximum atomic E-state index is 14.5. The van der Waals surface area contributed by atoms with Gasteiger partial charge in [-0.15, -0.1) is 0 Å². The second-order valence-corrected chi connectivity index (χ2v) is 17.6. The van der Waals surface area contributed by atoms with E-state index in [1.807, 2.05) is 23.1 Å². The Bertz CT molecular complexity index is 2320. The molecule has 3 saturated heterocycles. The largest absolute Gasteiger partial charge is 0.419 e. The standard InChI is InChI=1S/C38H43F6N9O5S/c1-36(56,22-51-12-7-23(8-13-51)24-4-6-29-31(17-24)50(2)49-33(29)53-16-11-32(54)48-35(53)55)19-25-3-5-28(18-30(25)38(42,43)44)59(57,58)52-14-9-27(10-15-52)47-34-45-20-26(21-46-34)37(39,40)41/h3-6,17-18,20-21,23,27,56H,7-16,19,22H2,1-2H3,(H,45,46,47)(H,48,54,55). The quantitative estimate of drug-likeness (QED) is 0.179. The van der Waals surface area contributed by atoms with Gasteiger partial charge in [0.05, 0.1) is 27.1 Å². The lowest BCUT2D eigenvalue weighted by atomic mass is 9.87. The molecule has 21 heteroatoms. The minimum atomic E-state index is -4.91. The lowest BCUT2D eigenvalue weighted by Gasteiger charge is -2.37. The van der Waals surface area contributed by atoms with Crippen LogP contribution in [0.15, 0.2) is 53.7 Å². The molecule has 3 amide bonds. The number of rotatable bonds is 10. The molecule has 4 aromatic rings. The second kappa shape index (κ2) is 16.0. The average molecular weight is 852 g/mol. The maximum Gasteiger partial charge on any atom is 0.419 e. The summed E-state index contributed by atoms with van der Waals surface area (Å²) < 4.78 is 112. The van der Waals surface area contributed by atoms with Crippen molar-refractivity contribution in [1.82, 2.24) is 34.3 Å². The van der Waals surface area contributed by atoms with E-state index in [1.165, 1.54) is 11.8 Å². The number of aromatic nitrogens is 4. The van der Waals surface area contributed by atoms with Gasteiger partial charge >= 0.3 is 18.4 Å². The molecule has 5 heterocycles. The molecule has 318 valence electrons. The summed E-state index contributed by atoms with van der Waals surface area (Å²) >= 11 is 0. The molecule has 0 radical (unpaired) electrons. The van der Waals surface area contributed by atoms with E-state index in [2.05, 4.69) is 25.7 Å². The number of amides is 3. The Morgan fingerprint density at radius 3 is 2.20 bits per heavy atom. The van der Waals surface area contributed by atoms with E-state index >= 15 is 0 Å². The molecule has 3 fully saturated rings. The van der Waals surface area contributed by atoms with Crippen molar-refractivity contribution in [3.05, 3.63) is 71.0 Å². The van der Waals surface area contributed by atoms with Crippen molar-refractivity contribution in [2.45, 2.75) is 80.3 Å². The molecule has 2 aromatic heterocycles. The topological polar surface area (TPSA) is 166 Å². The van der Waals surface area contributed by atoms with Crippen molar-refractivity contribution in [2.75, 3.05) is 49.5 Å². The van der Waals surface area contributed by atoms with Crippen LogP contribution in [0.4, 0.5) is 42.9 Å². The number of aliphatic hydroxyl groups is 1. The molecular weight excluding hydrogens is 809 g/mol. The Kier molecular flexibility index (Phi) is 11.4. The number of fused-ring (bicyclic) bond motifs is 1. The van der Waals surface area contributed by atoms with Gasteiger partial charge < -0.3 is 15.3 Å². The summed E-state index contributed by atoms with van der Waals surface area (Å²) in [7, 11) is -2.57. The highest BCUT2D eigenvalue weighted by molar-refractivity contribution is 7.89. The third-order valence-corrected chi connectivity index (χ3v) is 13.0. The number of carbonyl (C=O) groups is 2. The molecule has 2 aromatic carbocycles. The minimum absolute atomic E-state index is 0.0586. The first-order valence-corrected chi connectivity index (χ1v) is 20.5. The zero-order valence-corrected chi connectivity index (χ0v) is 33.0. The Hall–Kier alpha value is -4.86. The third-order valence-electron chi connectivity index (χ3n) is 11.2. The molecule has 59 heavy (non-hydrogen) atoms. The molecule has 3 aliphatic heterocycles. The fourth-order valence-corrected chi connectivity index (χ4v) is 9.60. The minimum Gasteiger partial charge on any atom is -0.388 e. The molecule has 3 N–H and O–H groups in total. The van der Waals surface area contributed by atoms with Crippen molar-refractivity contribution in [1.29, 1.82) is 0 Å². The van der Waals surface area contributed by atoms with Gasteiger partial charge in [0, 0.05) is 69.9 Å². The highest BCUT2D eigenvalue weighted by Gasteiger charge is 2.39. The van der Waals surface area contributed by atoms with Gasteiger partial charge in [0.2, 0.25) is 21.9 Å². The smallest absolute Gasteiger partial charge is 0.388 e. The Labute approximate surface area is 335 Å². The fraction of sp³-hybridized carbons (Fsp3) is 0.500. The normalized spacial score (nSPS) is 19.6. The summed E-state index contributed by atoms with van der Waals surface area (Å²) in [5.74, 6) is 0.228. The van der Waals surface area contributed by atoms with Gasteiger partial charge in [-0.05, 0) is 87.0 Å². The van der Waals surface area contributed by atoms with Gasteiger partial charge in [-0.25, -0.2) is 23.2 Å². The number of halogens is 6. The summed E-state index contributed by atoms with van der Waals surface area (Å²) in [5, 5.41) is 21.9. The summed E-state index contributed by atoms with van der Waals surface area (Å²) in [6.07, 6.45) is -6.60. The predicted molar refractivity (Wildman–Crippen MR) is 203 cm³/mol. The highest BCUT2D eigenvalue weighted by Crippen LogP contribution is 2.38. The first kappa shape index (κ1) is 42.3. The van der Waals surface area contributed by atoms with Crippen molar-refractivity contribution < 1.29 is 49.5 Å². The number of urea groups is 1. The van der Waals surface area contributed by atoms with Crippen molar-refractivity contribution >= 4 is 44.6 Å². The lowest BCUT2D eigenvalue weighted by Crippen LogP contribution is -2.49. The average Bonchev–Trinajstić information content (AvgIpc) is 3.49. The first-order valence-electron chi connectivity index (χ1n) is 19.1. The summed E-state index contributed by atoms with van der Waals surface area (Å²) in [6.45, 7) is 2.80. The van der Waals surface area contributed by atoms with Crippen LogP contribution in [-0.4, -0.2) is 105 Å². The molecule has 7 rings (SSSR count). The molecule has 0 bridgehead atoms. The van der Waals surface area contributed by atoms with Crippen LogP contribution >= 0.6 is 0 Å². The number of nitrogens with one attached hydrogen (secondary N) is 2. The van der Waals surface area contributed by atoms with E-state index in [9.17, 15) is 49.5 Å². The summed E-state index contributed by atoms with van der Waals surface area (Å²) in [5.41, 5.74) is -2.12. The fourth-order valence-electron chi connectivity index (χ4n) is 8.10. The highest BCUT2D eigenvalue weighted by atomic mass is 32.2. The Morgan fingerprint density at radius 1 is 0.898 bits per heavy atom. The van der Waals surface area contributed by atoms with Crippen LogP contribution in [0.3, 0.4) is 0 Å². The number of imide groups is 1. The van der Waals surface area contributed by atoms with E-state index in [-0.39, 0.29) is 81.2 Å². The second-order valence-electron chi connectivity index (χ2n) is 15.6. The third kappa shape index (κ3) is 9.32. The van der Waals surface area contributed by atoms with Crippen LogP contribution in [0, 0.1) is 0 Å². The van der Waals surface area contributed by atoms with E-state index in [1.54, 1.807) is 11.7 Å². The monoisotopic (exact) mass is 851 g/mol. The molecule has 0 saturated carbocycles. The van der Waals surface area contributed by atoms with Crippen LogP contribution < -0.4 is 15.5 Å². The van der Waals surface area contributed by atoms with E-state index in [0.717, 1.165) is 45.7 Å². The number of carbonyl (C=O) groups excluding carboxylic acids is 2. The Morgan fingerprint density at radius 2 is 1.58 bits per heavy atom. The van der Waals surface area contributed by atoms with Crippen LogP contribution in [0.2, 0.25) is 0 Å². The van der Waals surface area contributed by atoms with Crippen molar-refractivity contribution in [3.8, 4) is 0 Å². The number of benzene rings is 2. The molecule has 0 spiro atoms. The van der Waals surface area contributed by atoms with Crippen LogP contribution in [-0.2, 0) is 40.6 Å². The number of aryl methyl sites for hydroxylation is 1. The van der Waals surface area contributed by atoms with Gasteiger partial charge in [0.25, 0.3) is 0 Å². The van der Waals surface area contributed by atoms with Gasteiger partial charge in [0.1, 0.15) is 0 Å². The zero-order valence-electron chi connectivity index (χ0n) is 32.1. The number of alkyl halides is 6. The van der Waals surface area contributed by atoms with Gasteiger partial charge in [-0.2, -0.15) is 35.7 Å². The first-order chi connectivity index (χ1) is 27.7. The number of hydrogen-bond donors (Lipinski definition) is 3. The van der Waals surface area contributed by atoms with E-state index < -0.39 is 50.0 Å². The number of anilines is 2. The number of hydrogen-bond acceptors (Lipinski definition) is 10. The lowest BCUT2D eigenvalue weighted by molar-refractivity contribution is -0.139.